The minimum absolute atomic E-state index is 0.0984. The number of nitrogens with one attached hydrogen (secondary N) is 1. The Morgan fingerprint density at radius 2 is 1.94 bits per heavy atom. The molecule has 36 heavy (non-hydrogen) atoms. The van der Waals surface area contributed by atoms with E-state index in [0.717, 1.165) is 23.9 Å². The maximum atomic E-state index is 15.0. The maximum Gasteiger partial charge on any atom is 0.420 e. The van der Waals surface area contributed by atoms with Gasteiger partial charge in [0.25, 0.3) is 0 Å². The Bertz CT molecular complexity index is 1310. The molecule has 0 saturated carbocycles. The van der Waals surface area contributed by atoms with Crippen molar-refractivity contribution >= 4 is 29.1 Å². The second-order valence-electron chi connectivity index (χ2n) is 9.16. The number of ether oxygens (including phenoxy) is 2. The molecular formula is C26H30FN3O5S. The number of benzene rings is 2. The van der Waals surface area contributed by atoms with Crippen LogP contribution in [0.3, 0.4) is 0 Å². The number of hydrogen-bond donors (Lipinski definition) is 1. The number of oxazole rings is 1. The number of nitriles is 1. The second-order valence-corrected chi connectivity index (χ2v) is 10.2. The summed E-state index contributed by atoms with van der Waals surface area (Å²) in [5.41, 5.74) is 2.08. The normalized spacial score (nSPS) is 12.3. The lowest BCUT2D eigenvalue weighted by Gasteiger charge is -2.20. The monoisotopic (exact) mass is 515 g/mol. The number of aromatic nitrogens is 1. The lowest BCUT2D eigenvalue weighted by molar-refractivity contribution is 0.0574. The molecule has 0 fully saturated rings. The average Bonchev–Trinajstić information content (AvgIpc) is 3.13. The third-order valence-corrected chi connectivity index (χ3v) is 5.94. The standard InChI is InChI=1S/C26H30FN3O5S/c1-5-11-33-12-10-30-22-15-18(8-9-23(22)34-25(30)32)17-6-7-19(21(27)14-17)13-20(16-28)36-29-24(31)35-26(2,3)4/h6-9,14-15,20H,5,10-13H2,1-4H3,(H,29,31)/t20-/m0/s1. The number of rotatable bonds is 10. The molecule has 1 N–H and O–H groups in total. The zero-order valence-electron chi connectivity index (χ0n) is 20.8. The molecule has 0 saturated heterocycles. The Kier molecular flexibility index (Phi) is 9.18. The summed E-state index contributed by atoms with van der Waals surface area (Å²) >= 11 is 0.884. The van der Waals surface area contributed by atoms with E-state index in [1.807, 2.05) is 6.92 Å². The van der Waals surface area contributed by atoms with Gasteiger partial charge in [0, 0.05) is 13.0 Å². The smallest absolute Gasteiger partial charge is 0.420 e. The van der Waals surface area contributed by atoms with Crippen LogP contribution < -0.4 is 10.5 Å². The van der Waals surface area contributed by atoms with Crippen LogP contribution in [0.25, 0.3) is 22.2 Å². The van der Waals surface area contributed by atoms with Crippen molar-refractivity contribution in [1.29, 1.82) is 5.26 Å². The van der Waals surface area contributed by atoms with Crippen molar-refractivity contribution in [3.63, 3.8) is 0 Å². The van der Waals surface area contributed by atoms with Crippen molar-refractivity contribution in [2.45, 2.75) is 57.9 Å². The van der Waals surface area contributed by atoms with E-state index in [4.69, 9.17) is 13.9 Å². The van der Waals surface area contributed by atoms with Crippen LogP contribution in [-0.2, 0) is 22.4 Å². The number of nitrogens with zero attached hydrogens (tertiary/aromatic N) is 2. The van der Waals surface area contributed by atoms with Gasteiger partial charge in [-0.3, -0.25) is 9.29 Å². The van der Waals surface area contributed by atoms with Gasteiger partial charge in [-0.1, -0.05) is 25.1 Å². The molecule has 0 spiro atoms. The zero-order chi connectivity index (χ0) is 26.3. The molecule has 1 amide bonds. The molecule has 0 radical (unpaired) electrons. The largest absolute Gasteiger partial charge is 0.443 e. The number of amides is 1. The first-order valence-electron chi connectivity index (χ1n) is 11.7. The van der Waals surface area contributed by atoms with Gasteiger partial charge in [0.1, 0.15) is 16.7 Å². The third kappa shape index (κ3) is 7.35. The minimum atomic E-state index is -0.704. The molecule has 0 unspecified atom stereocenters. The Labute approximate surface area is 213 Å². The predicted molar refractivity (Wildman–Crippen MR) is 137 cm³/mol. The number of hydrogen-bond acceptors (Lipinski definition) is 7. The first-order chi connectivity index (χ1) is 17.1. The van der Waals surface area contributed by atoms with Crippen LogP contribution in [0, 0.1) is 17.1 Å². The van der Waals surface area contributed by atoms with Gasteiger partial charge in [-0.2, -0.15) is 5.26 Å². The summed E-state index contributed by atoms with van der Waals surface area (Å²) in [4.78, 5) is 24.1. The SMILES string of the molecule is CCCOCCn1c(=O)oc2ccc(-c3ccc(C[C@@H](C#N)SNC(=O)OC(C)(C)C)c(F)c3)cc21. The van der Waals surface area contributed by atoms with Crippen LogP contribution in [0.15, 0.2) is 45.6 Å². The average molecular weight is 516 g/mol. The summed E-state index contributed by atoms with van der Waals surface area (Å²) < 4.78 is 34.9. The molecule has 3 aromatic rings. The highest BCUT2D eigenvalue weighted by atomic mass is 32.2. The molecule has 3 rings (SSSR count). The number of fused-ring (bicyclic) bond motifs is 1. The molecule has 1 aromatic heterocycles. The molecular weight excluding hydrogens is 485 g/mol. The Morgan fingerprint density at radius 3 is 2.61 bits per heavy atom. The highest BCUT2D eigenvalue weighted by molar-refractivity contribution is 7.98. The third-order valence-electron chi connectivity index (χ3n) is 5.09. The summed E-state index contributed by atoms with van der Waals surface area (Å²) in [7, 11) is 0. The Morgan fingerprint density at radius 1 is 1.22 bits per heavy atom. The van der Waals surface area contributed by atoms with Crippen molar-refractivity contribution < 1.29 is 23.1 Å². The van der Waals surface area contributed by atoms with Gasteiger partial charge >= 0.3 is 11.8 Å². The van der Waals surface area contributed by atoms with Crippen LogP contribution in [0.4, 0.5) is 9.18 Å². The van der Waals surface area contributed by atoms with E-state index in [1.54, 1.807) is 51.1 Å². The van der Waals surface area contributed by atoms with E-state index in [9.17, 15) is 19.2 Å². The second kappa shape index (κ2) is 12.1. The topological polar surface area (TPSA) is 106 Å². The lowest BCUT2D eigenvalue weighted by atomic mass is 10.0. The molecule has 2 aromatic carbocycles. The van der Waals surface area contributed by atoms with E-state index in [-0.39, 0.29) is 6.42 Å². The van der Waals surface area contributed by atoms with Gasteiger partial charge in [0.15, 0.2) is 5.58 Å². The number of carbonyl (C=O) groups excluding carboxylic acids is 1. The van der Waals surface area contributed by atoms with E-state index < -0.39 is 28.5 Å². The van der Waals surface area contributed by atoms with Crippen LogP contribution in [0.2, 0.25) is 0 Å². The van der Waals surface area contributed by atoms with Gasteiger partial charge in [-0.15, -0.1) is 0 Å². The van der Waals surface area contributed by atoms with Crippen LogP contribution in [-0.4, -0.2) is 34.7 Å². The highest BCUT2D eigenvalue weighted by Crippen LogP contribution is 2.27. The van der Waals surface area contributed by atoms with Gasteiger partial charge < -0.3 is 13.9 Å². The summed E-state index contributed by atoms with van der Waals surface area (Å²) in [6.45, 7) is 8.58. The lowest BCUT2D eigenvalue weighted by Crippen LogP contribution is -2.30. The fraction of sp³-hybridized carbons (Fsp3) is 0.423. The number of halogens is 1. The van der Waals surface area contributed by atoms with Gasteiger partial charge in [-0.05, 0) is 74.0 Å². The van der Waals surface area contributed by atoms with Crippen LogP contribution >= 0.6 is 11.9 Å². The molecule has 0 bridgehead atoms. The molecule has 1 atom stereocenters. The maximum absolute atomic E-state index is 15.0. The van der Waals surface area contributed by atoms with E-state index in [1.165, 1.54) is 10.6 Å². The molecule has 0 aliphatic heterocycles. The number of carbonyl (C=O) groups is 1. The van der Waals surface area contributed by atoms with Crippen molar-refractivity contribution in [3.8, 4) is 17.2 Å². The molecule has 10 heteroatoms. The minimum Gasteiger partial charge on any atom is -0.443 e. The summed E-state index contributed by atoms with van der Waals surface area (Å²) in [5.74, 6) is -0.938. The molecule has 0 aliphatic rings. The Hall–Kier alpha value is -3.29. The zero-order valence-corrected chi connectivity index (χ0v) is 21.6. The molecule has 8 nitrogen and oxygen atoms in total. The summed E-state index contributed by atoms with van der Waals surface area (Å²) in [5, 5.41) is 8.74. The van der Waals surface area contributed by atoms with Crippen molar-refractivity contribution in [1.82, 2.24) is 9.29 Å². The molecule has 0 aliphatic carbocycles. The first kappa shape index (κ1) is 27.3. The highest BCUT2D eigenvalue weighted by Gasteiger charge is 2.19. The molecule has 1 heterocycles. The summed E-state index contributed by atoms with van der Waals surface area (Å²) in [6, 6.07) is 12.1. The molecule has 192 valence electrons. The van der Waals surface area contributed by atoms with E-state index in [2.05, 4.69) is 10.8 Å². The van der Waals surface area contributed by atoms with Crippen molar-refractivity contribution in [2.75, 3.05) is 13.2 Å². The van der Waals surface area contributed by atoms with Crippen molar-refractivity contribution in [3.05, 3.63) is 58.3 Å². The fourth-order valence-electron chi connectivity index (χ4n) is 3.48. The van der Waals surface area contributed by atoms with E-state index in [0.29, 0.717) is 42.0 Å². The quantitative estimate of drug-likeness (QED) is 0.283. The van der Waals surface area contributed by atoms with Crippen molar-refractivity contribution in [2.24, 2.45) is 0 Å². The summed E-state index contributed by atoms with van der Waals surface area (Å²) in [6.07, 6.45) is 0.329. The first-order valence-corrected chi connectivity index (χ1v) is 12.5. The van der Waals surface area contributed by atoms with Gasteiger partial charge in [0.2, 0.25) is 0 Å². The fourth-order valence-corrected chi connectivity index (χ4v) is 4.08. The van der Waals surface area contributed by atoms with Crippen LogP contribution in [0.1, 0.15) is 39.7 Å². The van der Waals surface area contributed by atoms with Gasteiger partial charge in [-0.25, -0.2) is 14.0 Å². The van der Waals surface area contributed by atoms with E-state index >= 15 is 0 Å². The predicted octanol–water partition coefficient (Wildman–Crippen LogP) is 5.43. The van der Waals surface area contributed by atoms with Crippen LogP contribution in [0.5, 0.6) is 0 Å². The van der Waals surface area contributed by atoms with Gasteiger partial charge in [0.05, 0.1) is 24.7 Å². The Balaban J connectivity index is 1.73.